The first-order chi connectivity index (χ1) is 14.6. The van der Waals surface area contributed by atoms with Crippen LogP contribution < -0.4 is 11.1 Å². The number of nitrogens with one attached hydrogen (secondary N) is 1. The lowest BCUT2D eigenvalue weighted by molar-refractivity contribution is -0.158. The van der Waals surface area contributed by atoms with Gasteiger partial charge < -0.3 is 16.3 Å². The number of nitrogens with two attached hydrogens (primary N) is 1. The summed E-state index contributed by atoms with van der Waals surface area (Å²) in [6, 6.07) is 3.73. The highest BCUT2D eigenvalue weighted by Crippen LogP contribution is 2.38. The molecular formula is C22H29F3N4OS. The first-order valence-corrected chi connectivity index (χ1v) is 11.0. The molecule has 170 valence electrons. The van der Waals surface area contributed by atoms with Gasteiger partial charge in [-0.2, -0.15) is 13.2 Å². The van der Waals surface area contributed by atoms with Gasteiger partial charge in [0, 0.05) is 22.9 Å². The fourth-order valence-corrected chi connectivity index (χ4v) is 4.60. The Morgan fingerprint density at radius 1 is 1.32 bits per heavy atom. The van der Waals surface area contributed by atoms with Gasteiger partial charge in [-0.25, -0.2) is 4.98 Å². The molecule has 0 amide bonds. The van der Waals surface area contributed by atoms with Crippen LogP contribution in [0.5, 0.6) is 0 Å². The predicted molar refractivity (Wildman–Crippen MR) is 119 cm³/mol. The third kappa shape index (κ3) is 5.65. The van der Waals surface area contributed by atoms with Gasteiger partial charge in [0.25, 0.3) is 0 Å². The lowest BCUT2D eigenvalue weighted by Gasteiger charge is -2.33. The van der Waals surface area contributed by atoms with Crippen molar-refractivity contribution in [1.82, 2.24) is 10.3 Å². The van der Waals surface area contributed by atoms with Crippen LogP contribution in [0.2, 0.25) is 0 Å². The molecule has 0 spiro atoms. The van der Waals surface area contributed by atoms with E-state index < -0.39 is 17.6 Å². The summed E-state index contributed by atoms with van der Waals surface area (Å²) in [6.07, 6.45) is -1.27. The van der Waals surface area contributed by atoms with E-state index in [4.69, 9.17) is 15.9 Å². The number of halogens is 3. The topological polar surface area (TPSA) is 83.5 Å². The average molecular weight is 455 g/mol. The lowest BCUT2D eigenvalue weighted by atomic mass is 9.82. The number of allylic oxidation sites excluding steroid dienone is 2. The fourth-order valence-electron chi connectivity index (χ4n) is 3.38. The van der Waals surface area contributed by atoms with Gasteiger partial charge in [-0.05, 0) is 43.9 Å². The van der Waals surface area contributed by atoms with E-state index in [1.54, 1.807) is 0 Å². The van der Waals surface area contributed by atoms with E-state index in [1.165, 1.54) is 35.6 Å². The largest absolute Gasteiger partial charge is 0.409 e. The molecule has 1 aromatic carbocycles. The summed E-state index contributed by atoms with van der Waals surface area (Å²) < 4.78 is 41.9. The zero-order chi connectivity index (χ0) is 23.2. The van der Waals surface area contributed by atoms with Crippen molar-refractivity contribution in [3.8, 4) is 0 Å². The van der Waals surface area contributed by atoms with Crippen molar-refractivity contribution in [2.75, 3.05) is 6.54 Å². The summed E-state index contributed by atoms with van der Waals surface area (Å²) in [5.41, 5.74) is 7.15. The van der Waals surface area contributed by atoms with Crippen LogP contribution in [0.4, 0.5) is 13.2 Å². The molecule has 31 heavy (non-hydrogen) atoms. The molecule has 9 heteroatoms. The zero-order valence-corrected chi connectivity index (χ0v) is 18.9. The number of hydrogen-bond acceptors (Lipinski definition) is 5. The number of benzene rings is 1. The Balaban J connectivity index is 2.38. The van der Waals surface area contributed by atoms with Crippen LogP contribution in [-0.2, 0) is 5.41 Å². The summed E-state index contributed by atoms with van der Waals surface area (Å²) in [6.45, 7) is 7.94. The van der Waals surface area contributed by atoms with Crippen molar-refractivity contribution in [3.63, 3.8) is 0 Å². The van der Waals surface area contributed by atoms with Crippen LogP contribution in [0.3, 0.4) is 0 Å². The van der Waals surface area contributed by atoms with Gasteiger partial charge >= 0.3 is 6.18 Å². The number of hydrogen-bond donors (Lipinski definition) is 3. The van der Waals surface area contributed by atoms with E-state index in [0.717, 1.165) is 16.3 Å². The van der Waals surface area contributed by atoms with Crippen molar-refractivity contribution in [2.45, 2.75) is 58.2 Å². The molecule has 0 saturated carbocycles. The van der Waals surface area contributed by atoms with Gasteiger partial charge in [0.2, 0.25) is 0 Å². The highest BCUT2D eigenvalue weighted by atomic mass is 32.1. The van der Waals surface area contributed by atoms with Crippen LogP contribution >= 0.6 is 11.3 Å². The van der Waals surface area contributed by atoms with E-state index >= 15 is 0 Å². The summed E-state index contributed by atoms with van der Waals surface area (Å²) in [5.74, 6) is -0.242. The van der Waals surface area contributed by atoms with E-state index in [0.29, 0.717) is 12.8 Å². The summed E-state index contributed by atoms with van der Waals surface area (Å²) in [7, 11) is 0. The maximum absolute atomic E-state index is 14.0. The van der Waals surface area contributed by atoms with Crippen LogP contribution in [0.25, 0.3) is 5.57 Å². The Bertz CT molecular complexity index is 933. The minimum absolute atomic E-state index is 0.00212. The van der Waals surface area contributed by atoms with Gasteiger partial charge in [-0.3, -0.25) is 0 Å². The van der Waals surface area contributed by atoms with E-state index in [2.05, 4.69) is 10.5 Å². The standard InChI is InChI=1S/C22H29F3N4OS/c1-5-14(4)17-12-31-20(28-17)21(6-2,7-3)13-27-18(22(23,24)25)15-9-8-10-16(11-15)19(26)29-30/h5,8-12,18,27,30H,6-7,13H2,1-4H3,(H2,26,29)/b14-5+. The molecule has 1 heterocycles. The molecule has 5 nitrogen and oxygen atoms in total. The molecule has 1 aromatic heterocycles. The van der Waals surface area contributed by atoms with Gasteiger partial charge in [0.1, 0.15) is 11.0 Å². The smallest absolute Gasteiger partial charge is 0.407 e. The summed E-state index contributed by atoms with van der Waals surface area (Å²) in [4.78, 5) is 4.73. The highest BCUT2D eigenvalue weighted by molar-refractivity contribution is 7.10. The molecule has 0 bridgehead atoms. The highest BCUT2D eigenvalue weighted by Gasteiger charge is 2.43. The molecule has 0 aliphatic heterocycles. The van der Waals surface area contributed by atoms with Gasteiger partial charge in [-0.1, -0.05) is 43.3 Å². The monoisotopic (exact) mass is 454 g/mol. The van der Waals surface area contributed by atoms with Gasteiger partial charge in [-0.15, -0.1) is 11.3 Å². The van der Waals surface area contributed by atoms with Gasteiger partial charge in [0.15, 0.2) is 5.84 Å². The molecular weight excluding hydrogens is 425 g/mol. The fraction of sp³-hybridized carbons (Fsp3) is 0.455. The lowest BCUT2D eigenvalue weighted by Crippen LogP contribution is -2.43. The molecule has 0 radical (unpaired) electrons. The number of aromatic nitrogens is 1. The van der Waals surface area contributed by atoms with Crippen molar-refractivity contribution >= 4 is 22.7 Å². The average Bonchev–Trinajstić information content (AvgIpc) is 3.26. The number of nitrogens with zero attached hydrogens (tertiary/aromatic N) is 2. The minimum atomic E-state index is -4.52. The Labute approximate surface area is 184 Å². The van der Waals surface area contributed by atoms with E-state index in [1.807, 2.05) is 39.2 Å². The normalized spacial score (nSPS) is 14.7. The van der Waals surface area contributed by atoms with Crippen molar-refractivity contribution in [1.29, 1.82) is 0 Å². The quantitative estimate of drug-likeness (QED) is 0.199. The molecule has 0 fully saturated rings. The number of thiazole rings is 1. The second-order valence-electron chi connectivity index (χ2n) is 7.46. The Kier molecular flexibility index (Phi) is 8.25. The molecule has 4 N–H and O–H groups in total. The molecule has 1 atom stereocenters. The summed E-state index contributed by atoms with van der Waals surface area (Å²) in [5, 5.41) is 17.2. The third-order valence-electron chi connectivity index (χ3n) is 5.74. The van der Waals surface area contributed by atoms with Crippen molar-refractivity contribution < 1.29 is 18.4 Å². The van der Waals surface area contributed by atoms with Crippen molar-refractivity contribution in [2.24, 2.45) is 10.9 Å². The maximum Gasteiger partial charge on any atom is 0.407 e. The third-order valence-corrected chi connectivity index (χ3v) is 6.83. The van der Waals surface area contributed by atoms with Crippen LogP contribution in [-0.4, -0.2) is 28.7 Å². The molecule has 2 aromatic rings. The molecule has 2 rings (SSSR count). The van der Waals surface area contributed by atoms with Crippen LogP contribution in [0.15, 0.2) is 40.9 Å². The molecule has 0 aliphatic rings. The Hall–Kier alpha value is -2.39. The second kappa shape index (κ2) is 10.3. The first-order valence-electron chi connectivity index (χ1n) is 10.1. The SMILES string of the molecule is C/C=C(\C)c1csc(C(CC)(CC)CNC(c2cccc(/C(N)=N/O)c2)C(F)(F)F)n1. The van der Waals surface area contributed by atoms with Crippen LogP contribution in [0.1, 0.15) is 68.4 Å². The summed E-state index contributed by atoms with van der Waals surface area (Å²) >= 11 is 1.48. The van der Waals surface area contributed by atoms with Gasteiger partial charge in [0.05, 0.1) is 5.69 Å². The molecule has 0 saturated heterocycles. The first kappa shape index (κ1) is 24.9. The molecule has 1 unspecified atom stereocenters. The Morgan fingerprint density at radius 3 is 2.55 bits per heavy atom. The number of rotatable bonds is 9. The zero-order valence-electron chi connectivity index (χ0n) is 18.1. The second-order valence-corrected chi connectivity index (χ2v) is 8.32. The number of oxime groups is 1. The number of alkyl halides is 3. The maximum atomic E-state index is 14.0. The Morgan fingerprint density at radius 2 is 2.00 bits per heavy atom. The minimum Gasteiger partial charge on any atom is -0.409 e. The predicted octanol–water partition coefficient (Wildman–Crippen LogP) is 5.61. The number of amidine groups is 1. The molecule has 0 aliphatic carbocycles. The van der Waals surface area contributed by atoms with Crippen LogP contribution in [0, 0.1) is 0 Å². The van der Waals surface area contributed by atoms with E-state index in [-0.39, 0.29) is 23.5 Å². The van der Waals surface area contributed by atoms with Crippen molar-refractivity contribution in [3.05, 3.63) is 57.6 Å². The van der Waals surface area contributed by atoms with E-state index in [9.17, 15) is 13.2 Å².